The van der Waals surface area contributed by atoms with E-state index in [1.807, 2.05) is 0 Å². The van der Waals surface area contributed by atoms with E-state index in [1.54, 1.807) is 0 Å². The van der Waals surface area contributed by atoms with Gasteiger partial charge >= 0.3 is 5.97 Å². The molecule has 8 heteroatoms. The lowest BCUT2D eigenvalue weighted by Gasteiger charge is -2.22. The number of hydrogen-bond donors (Lipinski definition) is 1. The van der Waals surface area contributed by atoms with Gasteiger partial charge in [-0.2, -0.15) is 4.31 Å². The normalized spacial score (nSPS) is 29.0. The summed E-state index contributed by atoms with van der Waals surface area (Å²) in [5, 5.41) is 9.18. The van der Waals surface area contributed by atoms with Crippen LogP contribution in [0.1, 0.15) is 19.3 Å². The van der Waals surface area contributed by atoms with Crippen molar-refractivity contribution in [2.24, 2.45) is 5.92 Å². The molecule has 114 valence electrons. The Morgan fingerprint density at radius 1 is 1.38 bits per heavy atom. The van der Waals surface area contributed by atoms with Gasteiger partial charge in [0.15, 0.2) is 0 Å². The molecule has 21 heavy (non-hydrogen) atoms. The van der Waals surface area contributed by atoms with E-state index < -0.39 is 33.8 Å². The molecule has 0 aromatic heterocycles. The highest BCUT2D eigenvalue weighted by molar-refractivity contribution is 9.10. The van der Waals surface area contributed by atoms with Crippen LogP contribution < -0.4 is 0 Å². The third kappa shape index (κ3) is 2.29. The van der Waals surface area contributed by atoms with Crippen molar-refractivity contribution >= 4 is 31.9 Å². The molecule has 2 bridgehead atoms. The number of hydrogen-bond acceptors (Lipinski definition) is 3. The van der Waals surface area contributed by atoms with Crippen LogP contribution in [0.4, 0.5) is 4.39 Å². The maximum absolute atomic E-state index is 13.6. The average molecular weight is 378 g/mol. The Kier molecular flexibility index (Phi) is 3.58. The number of nitrogens with zero attached hydrogens (tertiary/aromatic N) is 1. The highest BCUT2D eigenvalue weighted by Gasteiger charge is 2.54. The quantitative estimate of drug-likeness (QED) is 0.875. The van der Waals surface area contributed by atoms with Gasteiger partial charge in [0, 0.05) is 12.1 Å². The lowest BCUT2D eigenvalue weighted by molar-refractivity contribution is -0.142. The minimum absolute atomic E-state index is 0.133. The molecule has 5 nitrogen and oxygen atoms in total. The Morgan fingerprint density at radius 3 is 2.67 bits per heavy atom. The van der Waals surface area contributed by atoms with Crippen molar-refractivity contribution in [1.29, 1.82) is 0 Å². The monoisotopic (exact) mass is 377 g/mol. The fraction of sp³-hybridized carbons (Fsp3) is 0.462. The highest BCUT2D eigenvalue weighted by Crippen LogP contribution is 2.45. The second kappa shape index (κ2) is 5.03. The summed E-state index contributed by atoms with van der Waals surface area (Å²) in [6, 6.07) is 2.81. The summed E-state index contributed by atoms with van der Waals surface area (Å²) in [6.45, 7) is 0. The number of halogens is 2. The van der Waals surface area contributed by atoms with Crippen molar-refractivity contribution < 1.29 is 22.7 Å². The maximum Gasteiger partial charge on any atom is 0.308 e. The van der Waals surface area contributed by atoms with Crippen molar-refractivity contribution in [3.63, 3.8) is 0 Å². The van der Waals surface area contributed by atoms with Crippen LogP contribution in [-0.2, 0) is 14.8 Å². The van der Waals surface area contributed by atoms with Crippen molar-refractivity contribution in [2.75, 3.05) is 0 Å². The van der Waals surface area contributed by atoms with Gasteiger partial charge in [-0.1, -0.05) is 0 Å². The third-order valence-electron chi connectivity index (χ3n) is 4.26. The zero-order chi connectivity index (χ0) is 15.4. The molecule has 2 heterocycles. The molecule has 0 radical (unpaired) electrons. The van der Waals surface area contributed by atoms with Crippen LogP contribution in [0.2, 0.25) is 0 Å². The van der Waals surface area contributed by atoms with Gasteiger partial charge in [0.2, 0.25) is 10.0 Å². The van der Waals surface area contributed by atoms with Gasteiger partial charge in [-0.25, -0.2) is 12.8 Å². The first kappa shape index (κ1) is 14.9. The Balaban J connectivity index is 1.99. The van der Waals surface area contributed by atoms with E-state index in [1.165, 1.54) is 16.4 Å². The summed E-state index contributed by atoms with van der Waals surface area (Å²) in [5.41, 5.74) is 0. The van der Waals surface area contributed by atoms with Crippen molar-refractivity contribution in [1.82, 2.24) is 4.31 Å². The molecule has 0 saturated carbocycles. The van der Waals surface area contributed by atoms with Gasteiger partial charge in [-0.05, 0) is 53.4 Å². The van der Waals surface area contributed by atoms with E-state index >= 15 is 0 Å². The van der Waals surface area contributed by atoms with Crippen LogP contribution in [-0.4, -0.2) is 35.9 Å². The number of aliphatic carboxylic acids is 1. The fourth-order valence-corrected chi connectivity index (χ4v) is 5.51. The average Bonchev–Trinajstić information content (AvgIpc) is 3.00. The van der Waals surface area contributed by atoms with Gasteiger partial charge in [-0.3, -0.25) is 4.79 Å². The summed E-state index contributed by atoms with van der Waals surface area (Å²) in [5.74, 6) is -2.29. The molecule has 2 saturated heterocycles. The van der Waals surface area contributed by atoms with Gasteiger partial charge in [-0.15, -0.1) is 0 Å². The van der Waals surface area contributed by atoms with Crippen LogP contribution in [0.25, 0.3) is 0 Å². The molecule has 3 rings (SSSR count). The Labute approximate surface area is 129 Å². The number of rotatable bonds is 3. The van der Waals surface area contributed by atoms with Gasteiger partial charge in [0.25, 0.3) is 0 Å². The van der Waals surface area contributed by atoms with E-state index in [9.17, 15) is 22.7 Å². The minimum Gasteiger partial charge on any atom is -0.481 e. The third-order valence-corrected chi connectivity index (χ3v) is 6.87. The highest BCUT2D eigenvalue weighted by atomic mass is 79.9. The van der Waals surface area contributed by atoms with Gasteiger partial charge < -0.3 is 5.11 Å². The molecule has 2 aliphatic rings. The van der Waals surface area contributed by atoms with Crippen LogP contribution in [0.15, 0.2) is 27.6 Å². The van der Waals surface area contributed by atoms with Crippen molar-refractivity contribution in [3.05, 3.63) is 28.5 Å². The molecule has 3 atom stereocenters. The predicted molar refractivity (Wildman–Crippen MR) is 75.7 cm³/mol. The molecule has 0 amide bonds. The van der Waals surface area contributed by atoms with E-state index in [0.29, 0.717) is 19.3 Å². The molecule has 1 aromatic carbocycles. The van der Waals surface area contributed by atoms with E-state index in [2.05, 4.69) is 15.9 Å². The minimum atomic E-state index is -3.87. The standard InChI is InChI=1S/C13H13BrFNO4S/c14-10-3-2-8(6-11(10)15)21(19,20)16-7-1-4-12(16)9(5-7)13(17)18/h2-3,6-7,9,12H,1,4-5H2,(H,17,18). The predicted octanol–water partition coefficient (Wildman–Crippen LogP) is 2.21. The van der Waals surface area contributed by atoms with Crippen LogP contribution in [0.5, 0.6) is 0 Å². The SMILES string of the molecule is O=C(O)C1CC2CCC1N2S(=O)(=O)c1ccc(Br)c(F)c1. The number of carboxylic acids is 1. The number of benzene rings is 1. The van der Waals surface area contributed by atoms with E-state index in [4.69, 9.17) is 0 Å². The summed E-state index contributed by atoms with van der Waals surface area (Å²) < 4.78 is 40.4. The summed E-state index contributed by atoms with van der Waals surface area (Å²) >= 11 is 2.98. The molecule has 3 unspecified atom stereocenters. The summed E-state index contributed by atoms with van der Waals surface area (Å²) in [6.07, 6.45) is 1.53. The molecule has 2 fully saturated rings. The Hall–Kier alpha value is -0.990. The largest absolute Gasteiger partial charge is 0.481 e. The molecule has 1 aromatic rings. The second-order valence-electron chi connectivity index (χ2n) is 5.39. The number of sulfonamides is 1. The summed E-state index contributed by atoms with van der Waals surface area (Å²) in [4.78, 5) is 11.1. The smallest absolute Gasteiger partial charge is 0.308 e. The maximum atomic E-state index is 13.6. The first-order chi connectivity index (χ1) is 9.82. The molecular formula is C13H13BrFNO4S. The van der Waals surface area contributed by atoms with Gasteiger partial charge in [0.05, 0.1) is 15.3 Å². The second-order valence-corrected chi connectivity index (χ2v) is 8.09. The number of carbonyl (C=O) groups is 1. The molecular weight excluding hydrogens is 365 g/mol. The Bertz CT molecular complexity index is 708. The zero-order valence-electron chi connectivity index (χ0n) is 10.9. The van der Waals surface area contributed by atoms with E-state index in [-0.39, 0.29) is 15.4 Å². The fourth-order valence-electron chi connectivity index (χ4n) is 3.34. The number of fused-ring (bicyclic) bond motifs is 2. The van der Waals surface area contributed by atoms with Crippen molar-refractivity contribution in [2.45, 2.75) is 36.2 Å². The van der Waals surface area contributed by atoms with Crippen LogP contribution in [0.3, 0.4) is 0 Å². The van der Waals surface area contributed by atoms with Gasteiger partial charge in [0.1, 0.15) is 5.82 Å². The summed E-state index contributed by atoms with van der Waals surface area (Å²) in [7, 11) is -3.87. The lowest BCUT2D eigenvalue weighted by atomic mass is 9.89. The molecule has 0 aliphatic carbocycles. The molecule has 0 spiro atoms. The molecule has 1 N–H and O–H groups in total. The van der Waals surface area contributed by atoms with E-state index in [0.717, 1.165) is 6.07 Å². The van der Waals surface area contributed by atoms with Crippen molar-refractivity contribution in [3.8, 4) is 0 Å². The molecule has 2 aliphatic heterocycles. The topological polar surface area (TPSA) is 74.7 Å². The zero-order valence-corrected chi connectivity index (χ0v) is 13.3. The first-order valence-electron chi connectivity index (χ1n) is 6.54. The Morgan fingerprint density at radius 2 is 2.10 bits per heavy atom. The van der Waals surface area contributed by atoms with Crippen LogP contribution >= 0.6 is 15.9 Å². The lowest BCUT2D eigenvalue weighted by Crippen LogP contribution is -2.37. The number of carboxylic acid groups (broad SMARTS) is 1. The first-order valence-corrected chi connectivity index (χ1v) is 8.77. The van der Waals surface area contributed by atoms with Crippen LogP contribution in [0, 0.1) is 11.7 Å².